The van der Waals surface area contributed by atoms with Gasteiger partial charge in [0, 0.05) is 22.3 Å². The Morgan fingerprint density at radius 2 is 0.938 bits per heavy atom. The summed E-state index contributed by atoms with van der Waals surface area (Å²) >= 11 is 0. The van der Waals surface area contributed by atoms with Crippen LogP contribution in [0.5, 0.6) is 0 Å². The van der Waals surface area contributed by atoms with E-state index in [2.05, 4.69) is 175 Å². The predicted octanol–water partition coefficient (Wildman–Crippen LogP) is 13.2. The Labute approximate surface area is 278 Å². The second-order valence-electron chi connectivity index (χ2n) is 12.6. The van der Waals surface area contributed by atoms with Crippen LogP contribution in [0.4, 0.5) is 17.1 Å². The third-order valence-corrected chi connectivity index (χ3v) is 9.81. The second kappa shape index (κ2) is 10.6. The zero-order valence-electron chi connectivity index (χ0n) is 26.1. The highest BCUT2D eigenvalue weighted by Gasteiger charge is 2.25. The van der Waals surface area contributed by atoms with E-state index in [1.54, 1.807) is 6.26 Å². The molecular weight excluding hydrogens is 583 g/mol. The molecule has 1 aliphatic carbocycles. The van der Waals surface area contributed by atoms with Crippen LogP contribution in [0.25, 0.3) is 77.0 Å². The normalized spacial score (nSPS) is 11.8. The van der Waals surface area contributed by atoms with Crippen molar-refractivity contribution in [1.82, 2.24) is 0 Å². The average molecular weight is 612 g/mol. The first-order valence-corrected chi connectivity index (χ1v) is 16.4. The fourth-order valence-corrected chi connectivity index (χ4v) is 7.47. The molecule has 0 spiro atoms. The van der Waals surface area contributed by atoms with Gasteiger partial charge in [-0.2, -0.15) is 0 Å². The van der Waals surface area contributed by atoms with Crippen LogP contribution < -0.4 is 4.90 Å². The summed E-state index contributed by atoms with van der Waals surface area (Å²) in [6.45, 7) is 0. The van der Waals surface area contributed by atoms with Crippen molar-refractivity contribution < 1.29 is 4.42 Å². The molecule has 0 unspecified atom stereocenters. The van der Waals surface area contributed by atoms with E-state index in [1.807, 2.05) is 0 Å². The van der Waals surface area contributed by atoms with Gasteiger partial charge in [-0.3, -0.25) is 0 Å². The maximum absolute atomic E-state index is 5.95. The Hall–Kier alpha value is -6.38. The molecule has 2 heteroatoms. The number of rotatable bonds is 5. The quantitative estimate of drug-likeness (QED) is 0.192. The lowest BCUT2D eigenvalue weighted by Crippen LogP contribution is -2.11. The van der Waals surface area contributed by atoms with Gasteiger partial charge in [0.15, 0.2) is 0 Å². The summed E-state index contributed by atoms with van der Waals surface area (Å²) in [5.41, 5.74) is 14.3. The number of para-hydroxylation sites is 1. The van der Waals surface area contributed by atoms with Crippen LogP contribution in [0.15, 0.2) is 181 Å². The van der Waals surface area contributed by atoms with Crippen LogP contribution in [-0.2, 0) is 0 Å². The number of anilines is 3. The van der Waals surface area contributed by atoms with E-state index in [1.165, 1.54) is 54.9 Å². The molecule has 0 saturated heterocycles. The second-order valence-corrected chi connectivity index (χ2v) is 12.6. The predicted molar refractivity (Wildman–Crippen MR) is 201 cm³/mol. The molecule has 1 heterocycles. The first-order valence-electron chi connectivity index (χ1n) is 16.4. The zero-order valence-corrected chi connectivity index (χ0v) is 26.1. The fourth-order valence-electron chi connectivity index (χ4n) is 7.47. The van der Waals surface area contributed by atoms with Crippen LogP contribution in [-0.4, -0.2) is 0 Å². The molecule has 9 aromatic rings. The van der Waals surface area contributed by atoms with Crippen molar-refractivity contribution in [2.45, 2.75) is 0 Å². The van der Waals surface area contributed by atoms with E-state index in [0.717, 1.165) is 39.2 Å². The lowest BCUT2D eigenvalue weighted by molar-refractivity contribution is 0.616. The van der Waals surface area contributed by atoms with Gasteiger partial charge in [-0.25, -0.2) is 0 Å². The Morgan fingerprint density at radius 1 is 0.354 bits per heavy atom. The fraction of sp³-hybridized carbons (Fsp3) is 0. The third kappa shape index (κ3) is 4.20. The number of nitrogens with zero attached hydrogens (tertiary/aromatic N) is 1. The van der Waals surface area contributed by atoms with Gasteiger partial charge in [0.2, 0.25) is 0 Å². The van der Waals surface area contributed by atoms with E-state index >= 15 is 0 Å². The standard InChI is InChI=1S/C46H29NO/c1-4-10-30(11-5-1)32-16-17-33-26-41-42-27-34-18-19-38(25-36(34)29-44(42)43(41)28-35(33)24-32)47(37-14-8-3-9-15-37)46-39(31-12-6-2-7-13-31)20-21-45-40(46)22-23-48-45/h1-29H. The lowest BCUT2D eigenvalue weighted by atomic mass is 9.77. The Balaban J connectivity index is 1.13. The van der Waals surface area contributed by atoms with E-state index in [-0.39, 0.29) is 0 Å². The summed E-state index contributed by atoms with van der Waals surface area (Å²) in [6, 6.07) is 61.4. The van der Waals surface area contributed by atoms with Crippen LogP contribution in [0.3, 0.4) is 0 Å². The van der Waals surface area contributed by atoms with Crippen molar-refractivity contribution in [2.75, 3.05) is 4.90 Å². The number of hydrogen-bond donors (Lipinski definition) is 0. The van der Waals surface area contributed by atoms with E-state index in [0.29, 0.717) is 0 Å². The third-order valence-electron chi connectivity index (χ3n) is 9.81. The van der Waals surface area contributed by atoms with Gasteiger partial charge in [0.25, 0.3) is 0 Å². The van der Waals surface area contributed by atoms with Gasteiger partial charge in [-0.1, -0.05) is 97.1 Å². The maximum Gasteiger partial charge on any atom is 0.136 e. The van der Waals surface area contributed by atoms with E-state index in [4.69, 9.17) is 4.42 Å². The van der Waals surface area contributed by atoms with Crippen LogP contribution in [0, 0.1) is 0 Å². The molecule has 0 amide bonds. The molecule has 1 aliphatic rings. The van der Waals surface area contributed by atoms with Gasteiger partial charge in [0.1, 0.15) is 5.58 Å². The minimum Gasteiger partial charge on any atom is -0.464 e. The SMILES string of the molecule is c1ccc(-c2ccc3cc4c(cc3c2)-c2cc3cc(N(c5ccccc5)c5c(-c6ccccc6)ccc6occc56)ccc3cc2-4)cc1. The minimum atomic E-state index is 0.868. The number of hydrogen-bond acceptors (Lipinski definition) is 2. The van der Waals surface area contributed by atoms with Gasteiger partial charge in [0.05, 0.1) is 12.0 Å². The summed E-state index contributed by atoms with van der Waals surface area (Å²) in [6.07, 6.45) is 1.79. The lowest BCUT2D eigenvalue weighted by Gasteiger charge is -2.29. The van der Waals surface area contributed by atoms with Crippen LogP contribution >= 0.6 is 0 Å². The zero-order chi connectivity index (χ0) is 31.6. The molecule has 2 nitrogen and oxygen atoms in total. The highest BCUT2D eigenvalue weighted by molar-refractivity contribution is 6.13. The largest absolute Gasteiger partial charge is 0.464 e. The van der Waals surface area contributed by atoms with Crippen molar-refractivity contribution in [2.24, 2.45) is 0 Å². The number of fused-ring (bicyclic) bond motifs is 7. The molecule has 0 aliphatic heterocycles. The van der Waals surface area contributed by atoms with Crippen molar-refractivity contribution >= 4 is 49.6 Å². The van der Waals surface area contributed by atoms with Crippen molar-refractivity contribution in [1.29, 1.82) is 0 Å². The molecule has 10 rings (SSSR count). The van der Waals surface area contributed by atoms with Crippen LogP contribution in [0.1, 0.15) is 0 Å². The number of benzene rings is 8. The molecule has 1 aromatic heterocycles. The Morgan fingerprint density at radius 3 is 1.62 bits per heavy atom. The Bertz CT molecular complexity index is 2650. The van der Waals surface area contributed by atoms with Gasteiger partial charge >= 0.3 is 0 Å². The summed E-state index contributed by atoms with van der Waals surface area (Å²) < 4.78 is 5.95. The first kappa shape index (κ1) is 26.8. The first-order chi connectivity index (χ1) is 23.8. The van der Waals surface area contributed by atoms with E-state index in [9.17, 15) is 0 Å². The molecule has 48 heavy (non-hydrogen) atoms. The number of furan rings is 1. The molecule has 0 fully saturated rings. The highest BCUT2D eigenvalue weighted by atomic mass is 16.3. The highest BCUT2D eigenvalue weighted by Crippen LogP contribution is 2.51. The van der Waals surface area contributed by atoms with Gasteiger partial charge in [-0.15, -0.1) is 0 Å². The molecule has 8 aromatic carbocycles. The topological polar surface area (TPSA) is 16.4 Å². The van der Waals surface area contributed by atoms with Crippen LogP contribution in [0.2, 0.25) is 0 Å². The van der Waals surface area contributed by atoms with E-state index < -0.39 is 0 Å². The van der Waals surface area contributed by atoms with Gasteiger partial charge in [-0.05, 0) is 133 Å². The van der Waals surface area contributed by atoms with Crippen molar-refractivity contribution in [3.8, 4) is 44.5 Å². The molecule has 0 atom stereocenters. The molecule has 0 N–H and O–H groups in total. The molecule has 0 radical (unpaired) electrons. The molecule has 0 bridgehead atoms. The molecular formula is C46H29NO. The van der Waals surface area contributed by atoms with Crippen molar-refractivity contribution in [3.63, 3.8) is 0 Å². The average Bonchev–Trinajstić information content (AvgIpc) is 3.64. The van der Waals surface area contributed by atoms with Gasteiger partial charge < -0.3 is 9.32 Å². The molecule has 224 valence electrons. The van der Waals surface area contributed by atoms with Crippen molar-refractivity contribution in [3.05, 3.63) is 176 Å². The summed E-state index contributed by atoms with van der Waals surface area (Å²) in [4.78, 5) is 2.38. The monoisotopic (exact) mass is 611 g/mol. The minimum absolute atomic E-state index is 0.868. The smallest absolute Gasteiger partial charge is 0.136 e. The molecule has 0 saturated carbocycles. The maximum atomic E-state index is 5.95. The summed E-state index contributed by atoms with van der Waals surface area (Å²) in [7, 11) is 0. The summed E-state index contributed by atoms with van der Waals surface area (Å²) in [5.74, 6) is 0. The Kier molecular flexibility index (Phi) is 5.91. The summed E-state index contributed by atoms with van der Waals surface area (Å²) in [5, 5.41) is 6.08.